The SMILES string of the molecule is Cc1c(C(=O)Nc2ccncc2)nnn1-c1cccc([N+](=O)[O-])c1. The van der Waals surface area contributed by atoms with Crippen LogP contribution in [0.15, 0.2) is 48.8 Å². The summed E-state index contributed by atoms with van der Waals surface area (Å²) < 4.78 is 1.38. The Morgan fingerprint density at radius 1 is 1.25 bits per heavy atom. The molecular formula is C15H12N6O3. The van der Waals surface area contributed by atoms with E-state index in [0.717, 1.165) is 0 Å². The van der Waals surface area contributed by atoms with E-state index in [-0.39, 0.29) is 11.4 Å². The van der Waals surface area contributed by atoms with Crippen LogP contribution in [0, 0.1) is 17.0 Å². The fraction of sp³-hybridized carbons (Fsp3) is 0.0667. The fourth-order valence-corrected chi connectivity index (χ4v) is 2.15. The zero-order valence-electron chi connectivity index (χ0n) is 12.6. The summed E-state index contributed by atoms with van der Waals surface area (Å²) in [6.07, 6.45) is 3.12. The smallest absolute Gasteiger partial charge is 0.278 e. The van der Waals surface area contributed by atoms with Crippen molar-refractivity contribution in [2.24, 2.45) is 0 Å². The molecule has 0 atom stereocenters. The number of hydrogen-bond donors (Lipinski definition) is 1. The van der Waals surface area contributed by atoms with Crippen molar-refractivity contribution < 1.29 is 9.72 Å². The number of anilines is 1. The van der Waals surface area contributed by atoms with Crippen LogP contribution in [0.3, 0.4) is 0 Å². The van der Waals surface area contributed by atoms with E-state index in [9.17, 15) is 14.9 Å². The Kier molecular flexibility index (Phi) is 3.98. The van der Waals surface area contributed by atoms with Crippen molar-refractivity contribution >= 4 is 17.3 Å². The maximum absolute atomic E-state index is 12.3. The summed E-state index contributed by atoms with van der Waals surface area (Å²) in [4.78, 5) is 26.6. The molecule has 0 spiro atoms. The van der Waals surface area contributed by atoms with Crippen LogP contribution in [0.4, 0.5) is 11.4 Å². The normalized spacial score (nSPS) is 10.4. The average molecular weight is 324 g/mol. The monoisotopic (exact) mass is 324 g/mol. The summed E-state index contributed by atoms with van der Waals surface area (Å²) in [6, 6.07) is 9.25. The van der Waals surface area contributed by atoms with E-state index < -0.39 is 10.8 Å². The van der Waals surface area contributed by atoms with Crippen molar-refractivity contribution in [3.63, 3.8) is 0 Å². The molecule has 3 aromatic rings. The van der Waals surface area contributed by atoms with Crippen LogP contribution in [0.25, 0.3) is 5.69 Å². The van der Waals surface area contributed by atoms with Crippen molar-refractivity contribution in [1.29, 1.82) is 0 Å². The molecule has 24 heavy (non-hydrogen) atoms. The average Bonchev–Trinajstić information content (AvgIpc) is 2.97. The van der Waals surface area contributed by atoms with Crippen LogP contribution in [0.1, 0.15) is 16.2 Å². The molecule has 9 nitrogen and oxygen atoms in total. The van der Waals surface area contributed by atoms with E-state index in [1.54, 1.807) is 43.6 Å². The molecule has 0 saturated heterocycles. The lowest BCUT2D eigenvalue weighted by atomic mass is 10.2. The number of hydrogen-bond acceptors (Lipinski definition) is 6. The van der Waals surface area contributed by atoms with E-state index >= 15 is 0 Å². The highest BCUT2D eigenvalue weighted by Gasteiger charge is 2.18. The highest BCUT2D eigenvalue weighted by atomic mass is 16.6. The Labute approximate surface area is 136 Å². The van der Waals surface area contributed by atoms with E-state index in [1.807, 2.05) is 0 Å². The van der Waals surface area contributed by atoms with E-state index in [4.69, 9.17) is 0 Å². The molecule has 0 unspecified atom stereocenters. The molecule has 2 aromatic heterocycles. The van der Waals surface area contributed by atoms with Gasteiger partial charge in [-0.25, -0.2) is 4.68 Å². The Morgan fingerprint density at radius 3 is 2.71 bits per heavy atom. The molecule has 3 rings (SSSR count). The first-order valence-electron chi connectivity index (χ1n) is 6.95. The number of benzene rings is 1. The third-order valence-electron chi connectivity index (χ3n) is 3.33. The van der Waals surface area contributed by atoms with Gasteiger partial charge in [-0.2, -0.15) is 0 Å². The topological polar surface area (TPSA) is 116 Å². The van der Waals surface area contributed by atoms with Gasteiger partial charge in [0, 0.05) is 30.2 Å². The number of non-ortho nitro benzene ring substituents is 1. The lowest BCUT2D eigenvalue weighted by Gasteiger charge is -2.05. The number of nitrogens with one attached hydrogen (secondary N) is 1. The number of pyridine rings is 1. The van der Waals surface area contributed by atoms with Gasteiger partial charge in [0.05, 0.1) is 16.3 Å². The fourth-order valence-electron chi connectivity index (χ4n) is 2.15. The van der Waals surface area contributed by atoms with Crippen LogP contribution in [-0.2, 0) is 0 Å². The molecule has 0 aliphatic rings. The molecule has 0 aliphatic carbocycles. The van der Waals surface area contributed by atoms with Crippen LogP contribution >= 0.6 is 0 Å². The molecular weight excluding hydrogens is 312 g/mol. The second-order valence-electron chi connectivity index (χ2n) is 4.90. The van der Waals surface area contributed by atoms with Gasteiger partial charge >= 0.3 is 0 Å². The van der Waals surface area contributed by atoms with Crippen molar-refractivity contribution in [2.45, 2.75) is 6.92 Å². The summed E-state index contributed by atoms with van der Waals surface area (Å²) in [7, 11) is 0. The minimum Gasteiger partial charge on any atom is -0.320 e. The van der Waals surface area contributed by atoms with E-state index in [0.29, 0.717) is 17.1 Å². The summed E-state index contributed by atoms with van der Waals surface area (Å²) in [5.74, 6) is -0.421. The van der Waals surface area contributed by atoms with Gasteiger partial charge in [-0.3, -0.25) is 19.9 Å². The van der Waals surface area contributed by atoms with Crippen LogP contribution in [0.5, 0.6) is 0 Å². The first kappa shape index (κ1) is 15.3. The molecule has 1 amide bonds. The quantitative estimate of drug-likeness (QED) is 0.580. The van der Waals surface area contributed by atoms with Gasteiger partial charge in [-0.15, -0.1) is 5.10 Å². The molecule has 9 heteroatoms. The largest absolute Gasteiger partial charge is 0.320 e. The van der Waals surface area contributed by atoms with Crippen LogP contribution in [-0.4, -0.2) is 30.8 Å². The van der Waals surface area contributed by atoms with Crippen molar-refractivity contribution in [2.75, 3.05) is 5.32 Å². The van der Waals surface area contributed by atoms with Crippen LogP contribution in [0.2, 0.25) is 0 Å². The number of amides is 1. The number of rotatable bonds is 4. The highest BCUT2D eigenvalue weighted by molar-refractivity contribution is 6.03. The molecule has 0 bridgehead atoms. The highest BCUT2D eigenvalue weighted by Crippen LogP contribution is 2.18. The molecule has 120 valence electrons. The number of carbonyl (C=O) groups is 1. The number of aromatic nitrogens is 4. The van der Waals surface area contributed by atoms with Gasteiger partial charge in [0.1, 0.15) is 0 Å². The number of carbonyl (C=O) groups excluding carboxylic acids is 1. The molecule has 0 radical (unpaired) electrons. The Morgan fingerprint density at radius 2 is 2.00 bits per heavy atom. The second kappa shape index (κ2) is 6.24. The number of nitrogens with zero attached hydrogens (tertiary/aromatic N) is 5. The molecule has 1 aromatic carbocycles. The zero-order valence-corrected chi connectivity index (χ0v) is 12.6. The minimum absolute atomic E-state index is 0.0646. The third-order valence-corrected chi connectivity index (χ3v) is 3.33. The Bertz CT molecular complexity index is 907. The lowest BCUT2D eigenvalue weighted by molar-refractivity contribution is -0.384. The van der Waals surface area contributed by atoms with E-state index in [1.165, 1.54) is 16.8 Å². The first-order chi connectivity index (χ1) is 11.6. The zero-order chi connectivity index (χ0) is 17.1. The van der Waals surface area contributed by atoms with Gasteiger partial charge in [0.2, 0.25) is 0 Å². The second-order valence-corrected chi connectivity index (χ2v) is 4.90. The maximum atomic E-state index is 12.3. The predicted octanol–water partition coefficient (Wildman–Crippen LogP) is 2.13. The maximum Gasteiger partial charge on any atom is 0.278 e. The standard InChI is InChI=1S/C15H12N6O3/c1-10-14(15(22)17-11-5-7-16-8-6-11)18-19-20(10)12-3-2-4-13(9-12)21(23)24/h2-9H,1H3,(H,16,17,22). The molecule has 1 N–H and O–H groups in total. The molecule has 0 aliphatic heterocycles. The van der Waals surface area contributed by atoms with Crippen molar-refractivity contribution in [3.8, 4) is 5.69 Å². The Balaban J connectivity index is 1.90. The number of nitro benzene ring substituents is 1. The van der Waals surface area contributed by atoms with E-state index in [2.05, 4.69) is 20.6 Å². The summed E-state index contributed by atoms with van der Waals surface area (Å²) >= 11 is 0. The van der Waals surface area contributed by atoms with Gasteiger partial charge in [0.25, 0.3) is 11.6 Å². The van der Waals surface area contributed by atoms with Gasteiger partial charge in [0.15, 0.2) is 5.69 Å². The van der Waals surface area contributed by atoms with Gasteiger partial charge in [-0.05, 0) is 25.1 Å². The Hall–Kier alpha value is -3.62. The third kappa shape index (κ3) is 2.95. The van der Waals surface area contributed by atoms with Crippen molar-refractivity contribution in [1.82, 2.24) is 20.0 Å². The lowest BCUT2D eigenvalue weighted by Crippen LogP contribution is -2.14. The molecule has 2 heterocycles. The summed E-state index contributed by atoms with van der Waals surface area (Å²) in [6.45, 7) is 1.67. The summed E-state index contributed by atoms with van der Waals surface area (Å²) in [5.41, 5.74) is 1.59. The number of nitro groups is 1. The molecule has 0 saturated carbocycles. The van der Waals surface area contributed by atoms with Crippen molar-refractivity contribution in [3.05, 3.63) is 70.3 Å². The first-order valence-corrected chi connectivity index (χ1v) is 6.95. The van der Waals surface area contributed by atoms with Crippen LogP contribution < -0.4 is 5.32 Å². The minimum atomic E-state index is -0.493. The van der Waals surface area contributed by atoms with Gasteiger partial charge in [-0.1, -0.05) is 11.3 Å². The van der Waals surface area contributed by atoms with Gasteiger partial charge < -0.3 is 5.32 Å². The summed E-state index contributed by atoms with van der Waals surface area (Å²) in [5, 5.41) is 21.4. The predicted molar refractivity (Wildman–Crippen MR) is 84.9 cm³/mol. The molecule has 0 fully saturated rings.